The van der Waals surface area contributed by atoms with Crippen molar-refractivity contribution >= 4 is 21.8 Å². The molecule has 174 valence electrons. The van der Waals surface area contributed by atoms with E-state index in [9.17, 15) is 13.2 Å². The molecule has 3 aliphatic heterocycles. The Balaban J connectivity index is 1.20. The van der Waals surface area contributed by atoms with E-state index < -0.39 is 10.0 Å². The van der Waals surface area contributed by atoms with Gasteiger partial charge in [0.2, 0.25) is 5.91 Å². The number of fused-ring (bicyclic) bond motifs is 1. The summed E-state index contributed by atoms with van der Waals surface area (Å²) in [5, 5.41) is 3.22. The van der Waals surface area contributed by atoms with Gasteiger partial charge in [0.1, 0.15) is 4.90 Å². The number of piperidine rings is 1. The number of benzene rings is 2. The maximum Gasteiger partial charge on any atom is 0.285 e. The first-order valence-electron chi connectivity index (χ1n) is 11.8. The van der Waals surface area contributed by atoms with Crippen LogP contribution in [0.5, 0.6) is 0 Å². The molecule has 0 bridgehead atoms. The Kier molecular flexibility index (Phi) is 6.21. The first-order chi connectivity index (χ1) is 16.0. The van der Waals surface area contributed by atoms with Crippen LogP contribution in [0.25, 0.3) is 0 Å². The maximum atomic E-state index is 13.0. The molecule has 5 rings (SSSR count). The summed E-state index contributed by atoms with van der Waals surface area (Å²) >= 11 is 0. The third kappa shape index (κ3) is 4.54. The average Bonchev–Trinajstić information content (AvgIpc) is 3.47. The zero-order valence-electron chi connectivity index (χ0n) is 18.7. The molecule has 0 radical (unpaired) electrons. The highest BCUT2D eigenvalue weighted by molar-refractivity contribution is 7.90. The molecule has 1 amide bonds. The monoisotopic (exact) mass is 466 g/mol. The number of nitrogens with zero attached hydrogens (tertiary/aromatic N) is 3. The van der Waals surface area contributed by atoms with Crippen molar-refractivity contribution in [2.45, 2.75) is 36.6 Å². The van der Waals surface area contributed by atoms with Crippen LogP contribution in [0, 0.1) is 5.92 Å². The number of likely N-dealkylation sites (tertiary alicyclic amines) is 2. The molecule has 0 saturated carbocycles. The normalized spacial score (nSPS) is 21.5. The first kappa shape index (κ1) is 22.1. The molecule has 2 aromatic rings. The minimum Gasteiger partial charge on any atom is -0.355 e. The molecule has 7 nitrogen and oxygen atoms in total. The first-order valence-corrected chi connectivity index (χ1v) is 13.2. The molecule has 3 aliphatic rings. The minimum atomic E-state index is -3.62. The van der Waals surface area contributed by atoms with E-state index >= 15 is 0 Å². The summed E-state index contributed by atoms with van der Waals surface area (Å²) in [6.45, 7) is 3.99. The maximum absolute atomic E-state index is 13.0. The van der Waals surface area contributed by atoms with Gasteiger partial charge >= 0.3 is 0 Å². The lowest BCUT2D eigenvalue weighted by Gasteiger charge is -2.33. The van der Waals surface area contributed by atoms with Gasteiger partial charge in [0.15, 0.2) is 5.84 Å². The Bertz CT molecular complexity index is 1140. The predicted molar refractivity (Wildman–Crippen MR) is 127 cm³/mol. The van der Waals surface area contributed by atoms with Crippen LogP contribution in [0.15, 0.2) is 63.9 Å². The smallest absolute Gasteiger partial charge is 0.285 e. The quantitative estimate of drug-likeness (QED) is 0.733. The van der Waals surface area contributed by atoms with Gasteiger partial charge in [-0.1, -0.05) is 42.5 Å². The second-order valence-corrected chi connectivity index (χ2v) is 10.6. The fraction of sp³-hybridized carbons (Fsp3) is 0.440. The summed E-state index contributed by atoms with van der Waals surface area (Å²) in [4.78, 5) is 17.7. The molecule has 0 aromatic heterocycles. The second-order valence-electron chi connectivity index (χ2n) is 9.06. The predicted octanol–water partition coefficient (Wildman–Crippen LogP) is 2.80. The largest absolute Gasteiger partial charge is 0.355 e. The van der Waals surface area contributed by atoms with E-state index in [0.717, 1.165) is 13.1 Å². The molecule has 2 fully saturated rings. The van der Waals surface area contributed by atoms with Gasteiger partial charge in [-0.05, 0) is 56.5 Å². The lowest BCUT2D eigenvalue weighted by molar-refractivity contribution is -0.126. The van der Waals surface area contributed by atoms with Crippen LogP contribution in [0.4, 0.5) is 0 Å². The van der Waals surface area contributed by atoms with Gasteiger partial charge in [0.05, 0.1) is 6.04 Å². The summed E-state index contributed by atoms with van der Waals surface area (Å²) in [6, 6.07) is 17.6. The van der Waals surface area contributed by atoms with E-state index in [2.05, 4.69) is 38.9 Å². The van der Waals surface area contributed by atoms with Gasteiger partial charge in [-0.15, -0.1) is 4.40 Å². The van der Waals surface area contributed by atoms with Crippen LogP contribution in [0.3, 0.4) is 0 Å². The number of nitrogens with one attached hydrogen (secondary N) is 1. The van der Waals surface area contributed by atoms with E-state index in [1.807, 2.05) is 17.0 Å². The third-order valence-electron chi connectivity index (χ3n) is 7.01. The fourth-order valence-electron chi connectivity index (χ4n) is 5.20. The van der Waals surface area contributed by atoms with Gasteiger partial charge in [-0.2, -0.15) is 8.42 Å². The summed E-state index contributed by atoms with van der Waals surface area (Å²) in [5.74, 6) is 0.545. The van der Waals surface area contributed by atoms with Gasteiger partial charge in [-0.25, -0.2) is 0 Å². The molecule has 2 saturated heterocycles. The van der Waals surface area contributed by atoms with Crippen molar-refractivity contribution in [1.82, 2.24) is 15.1 Å². The zero-order valence-corrected chi connectivity index (χ0v) is 19.5. The molecule has 1 unspecified atom stereocenters. The van der Waals surface area contributed by atoms with Crippen LogP contribution in [0.1, 0.15) is 42.9 Å². The SMILES string of the molecule is O=C(NCC(c1ccccc1)N1CCCC1)C1CCN(C2=NS(=O)(=O)c3ccccc32)CC1. The molecule has 33 heavy (non-hydrogen) atoms. The molecule has 0 spiro atoms. The molecule has 0 aliphatic carbocycles. The summed E-state index contributed by atoms with van der Waals surface area (Å²) < 4.78 is 28.8. The van der Waals surface area contributed by atoms with Crippen molar-refractivity contribution in [3.05, 3.63) is 65.7 Å². The van der Waals surface area contributed by atoms with Crippen LogP contribution >= 0.6 is 0 Å². The van der Waals surface area contributed by atoms with Crippen molar-refractivity contribution in [3.63, 3.8) is 0 Å². The van der Waals surface area contributed by atoms with Gasteiger partial charge in [0, 0.05) is 31.1 Å². The number of amidine groups is 1. The lowest BCUT2D eigenvalue weighted by atomic mass is 9.95. The number of carbonyl (C=O) groups excluding carboxylic acids is 1. The van der Waals surface area contributed by atoms with E-state index in [1.54, 1.807) is 18.2 Å². The molecular weight excluding hydrogens is 436 g/mol. The van der Waals surface area contributed by atoms with Crippen molar-refractivity contribution < 1.29 is 13.2 Å². The Morgan fingerprint density at radius 3 is 2.36 bits per heavy atom. The van der Waals surface area contributed by atoms with Crippen LogP contribution in [-0.4, -0.2) is 62.7 Å². The van der Waals surface area contributed by atoms with Crippen LogP contribution in [0.2, 0.25) is 0 Å². The molecular formula is C25H30N4O3S. The van der Waals surface area contributed by atoms with Crippen molar-refractivity contribution in [2.24, 2.45) is 10.3 Å². The van der Waals surface area contributed by atoms with E-state index in [-0.39, 0.29) is 22.8 Å². The molecule has 8 heteroatoms. The number of amides is 1. The average molecular weight is 467 g/mol. The molecule has 1 atom stereocenters. The standard InChI is InChI=1S/C25H30N4O3S/c30-25(26-18-22(28-14-6-7-15-28)19-8-2-1-3-9-19)20-12-16-29(17-13-20)24-21-10-4-5-11-23(21)33(31,32)27-24/h1-5,8-11,20,22H,6-7,12-18H2,(H,26,30). The Labute approximate surface area is 195 Å². The minimum absolute atomic E-state index is 0.0647. The summed E-state index contributed by atoms with van der Waals surface area (Å²) in [6.07, 6.45) is 3.79. The fourth-order valence-corrected chi connectivity index (χ4v) is 6.43. The number of rotatable bonds is 5. The van der Waals surface area contributed by atoms with E-state index in [1.165, 1.54) is 18.4 Å². The van der Waals surface area contributed by atoms with Crippen molar-refractivity contribution in [1.29, 1.82) is 0 Å². The van der Waals surface area contributed by atoms with Crippen LogP contribution < -0.4 is 5.32 Å². The highest BCUT2D eigenvalue weighted by atomic mass is 32.2. The lowest BCUT2D eigenvalue weighted by Crippen LogP contribution is -2.44. The number of carbonyl (C=O) groups is 1. The molecule has 3 heterocycles. The summed E-state index contributed by atoms with van der Waals surface area (Å²) in [7, 11) is -3.62. The van der Waals surface area contributed by atoms with Gasteiger partial charge < -0.3 is 10.2 Å². The number of hydrogen-bond donors (Lipinski definition) is 1. The van der Waals surface area contributed by atoms with Gasteiger partial charge in [-0.3, -0.25) is 9.69 Å². The number of hydrogen-bond acceptors (Lipinski definition) is 5. The highest BCUT2D eigenvalue weighted by Gasteiger charge is 2.34. The third-order valence-corrected chi connectivity index (χ3v) is 8.34. The topological polar surface area (TPSA) is 82.1 Å². The van der Waals surface area contributed by atoms with Crippen molar-refractivity contribution in [3.8, 4) is 0 Å². The molecule has 1 N–H and O–H groups in total. The molecule has 2 aromatic carbocycles. The zero-order chi connectivity index (χ0) is 22.8. The summed E-state index contributed by atoms with van der Waals surface area (Å²) in [5.41, 5.74) is 1.91. The number of sulfonamides is 1. The van der Waals surface area contributed by atoms with E-state index in [4.69, 9.17) is 0 Å². The van der Waals surface area contributed by atoms with Gasteiger partial charge in [0.25, 0.3) is 10.0 Å². The van der Waals surface area contributed by atoms with E-state index in [0.29, 0.717) is 43.9 Å². The van der Waals surface area contributed by atoms with Crippen molar-refractivity contribution in [2.75, 3.05) is 32.7 Å². The highest BCUT2D eigenvalue weighted by Crippen LogP contribution is 2.30. The second kappa shape index (κ2) is 9.27. The Morgan fingerprint density at radius 1 is 0.970 bits per heavy atom. The van der Waals surface area contributed by atoms with Crippen LogP contribution in [-0.2, 0) is 14.8 Å². The Morgan fingerprint density at radius 2 is 1.64 bits per heavy atom. The Hall–Kier alpha value is -2.71.